The molecule has 0 rings (SSSR count). The maximum Gasteiger partial charge on any atom is 0.0581 e. The van der Waals surface area contributed by atoms with Gasteiger partial charge in [-0.05, 0) is 11.8 Å². The molecule has 0 bridgehead atoms. The van der Waals surface area contributed by atoms with Crippen LogP contribution in [0.1, 0.15) is 27.7 Å². The van der Waals surface area contributed by atoms with E-state index in [4.69, 9.17) is 0 Å². The van der Waals surface area contributed by atoms with Crippen LogP contribution in [0.2, 0.25) is 0 Å². The Balaban J connectivity index is 3.32. The highest BCUT2D eigenvalue weighted by Crippen LogP contribution is 1.87. The molecule has 0 saturated heterocycles. The van der Waals surface area contributed by atoms with Gasteiger partial charge in [-0.2, -0.15) is 0 Å². The Hall–Kier alpha value is -0.660. The second-order valence-corrected chi connectivity index (χ2v) is 3.60. The second kappa shape index (κ2) is 7.01. The molecule has 0 unspecified atom stereocenters. The quantitative estimate of drug-likeness (QED) is 0.445. The Morgan fingerprint density at radius 3 is 1.42 bits per heavy atom. The van der Waals surface area contributed by atoms with Crippen molar-refractivity contribution in [2.75, 3.05) is 13.1 Å². The van der Waals surface area contributed by atoms with Gasteiger partial charge in [-0.3, -0.25) is 9.98 Å². The van der Waals surface area contributed by atoms with Gasteiger partial charge in [0.25, 0.3) is 0 Å². The highest BCUT2D eigenvalue weighted by molar-refractivity contribution is 5.60. The number of hydrogen-bond donors (Lipinski definition) is 0. The van der Waals surface area contributed by atoms with Crippen molar-refractivity contribution in [3.8, 4) is 0 Å². The van der Waals surface area contributed by atoms with Crippen molar-refractivity contribution in [1.82, 2.24) is 0 Å². The molecule has 2 nitrogen and oxygen atoms in total. The Morgan fingerprint density at radius 1 is 0.833 bits per heavy atom. The first-order valence-electron chi connectivity index (χ1n) is 4.62. The summed E-state index contributed by atoms with van der Waals surface area (Å²) in [5.41, 5.74) is 0. The van der Waals surface area contributed by atoms with Crippen LogP contribution >= 0.6 is 0 Å². The molecular formula is C10H20N2. The van der Waals surface area contributed by atoms with E-state index in [-0.39, 0.29) is 0 Å². The smallest absolute Gasteiger partial charge is 0.0581 e. The topological polar surface area (TPSA) is 24.7 Å². The molecule has 0 aromatic heterocycles. The summed E-state index contributed by atoms with van der Waals surface area (Å²) in [6, 6.07) is 0. The highest BCUT2D eigenvalue weighted by Gasteiger charge is 1.85. The normalized spacial score (nSPS) is 12.8. The average molecular weight is 168 g/mol. The minimum atomic E-state index is 0.555. The summed E-state index contributed by atoms with van der Waals surface area (Å²) in [5.74, 6) is 1.11. The fourth-order valence-corrected chi connectivity index (χ4v) is 0.686. The van der Waals surface area contributed by atoms with Gasteiger partial charge in [0.05, 0.1) is 13.1 Å². The molecular weight excluding hydrogens is 148 g/mol. The number of aliphatic imine (C=N–C) groups is 2. The molecule has 0 amide bonds. The summed E-state index contributed by atoms with van der Waals surface area (Å²) in [7, 11) is 0. The summed E-state index contributed by atoms with van der Waals surface area (Å²) in [4.78, 5) is 8.46. The van der Waals surface area contributed by atoms with Gasteiger partial charge < -0.3 is 0 Å². The van der Waals surface area contributed by atoms with E-state index >= 15 is 0 Å². The molecule has 0 aliphatic rings. The van der Waals surface area contributed by atoms with Crippen LogP contribution in [-0.2, 0) is 0 Å². The van der Waals surface area contributed by atoms with E-state index in [1.54, 1.807) is 0 Å². The Bertz CT molecular complexity index is 128. The van der Waals surface area contributed by atoms with Crippen LogP contribution in [0.25, 0.3) is 0 Å². The summed E-state index contributed by atoms with van der Waals surface area (Å²) in [6.45, 7) is 10.1. The predicted octanol–water partition coefficient (Wildman–Crippen LogP) is 2.44. The highest BCUT2D eigenvalue weighted by atomic mass is 14.8. The van der Waals surface area contributed by atoms with Crippen molar-refractivity contribution in [1.29, 1.82) is 0 Å². The molecule has 0 spiro atoms. The van der Waals surface area contributed by atoms with E-state index in [0.29, 0.717) is 11.8 Å². The van der Waals surface area contributed by atoms with E-state index in [9.17, 15) is 0 Å². The molecule has 0 aromatic carbocycles. The SMILES string of the molecule is CC(C)C=NCCN=CC(C)C. The molecule has 0 atom stereocenters. The first-order chi connectivity index (χ1) is 5.63. The van der Waals surface area contributed by atoms with Crippen molar-refractivity contribution >= 4 is 12.4 Å². The van der Waals surface area contributed by atoms with Crippen LogP contribution < -0.4 is 0 Å². The van der Waals surface area contributed by atoms with Crippen molar-refractivity contribution in [2.45, 2.75) is 27.7 Å². The number of hydrogen-bond acceptors (Lipinski definition) is 2. The molecule has 2 heteroatoms. The van der Waals surface area contributed by atoms with Crippen molar-refractivity contribution in [3.63, 3.8) is 0 Å². The zero-order valence-electron chi connectivity index (χ0n) is 8.62. The lowest BCUT2D eigenvalue weighted by Gasteiger charge is -1.94. The van der Waals surface area contributed by atoms with Crippen LogP contribution in [0, 0.1) is 11.8 Å². The third-order valence-electron chi connectivity index (χ3n) is 1.17. The van der Waals surface area contributed by atoms with Gasteiger partial charge in [-0.15, -0.1) is 0 Å². The largest absolute Gasteiger partial charge is 0.295 e. The molecule has 0 fully saturated rings. The third kappa shape index (κ3) is 9.34. The van der Waals surface area contributed by atoms with Gasteiger partial charge in [-0.25, -0.2) is 0 Å². The van der Waals surface area contributed by atoms with E-state index in [2.05, 4.69) is 37.7 Å². The van der Waals surface area contributed by atoms with Gasteiger partial charge in [0.2, 0.25) is 0 Å². The molecule has 0 N–H and O–H groups in total. The van der Waals surface area contributed by atoms with E-state index in [0.717, 1.165) is 13.1 Å². The zero-order valence-corrected chi connectivity index (χ0v) is 8.62. The Morgan fingerprint density at radius 2 is 1.17 bits per heavy atom. The second-order valence-electron chi connectivity index (χ2n) is 3.60. The minimum Gasteiger partial charge on any atom is -0.295 e. The van der Waals surface area contributed by atoms with Crippen LogP contribution in [0.4, 0.5) is 0 Å². The maximum absolute atomic E-state index is 4.23. The van der Waals surface area contributed by atoms with Gasteiger partial charge >= 0.3 is 0 Å². The fraction of sp³-hybridized carbons (Fsp3) is 0.800. The zero-order chi connectivity index (χ0) is 9.40. The fourth-order valence-electron chi connectivity index (χ4n) is 0.686. The third-order valence-corrected chi connectivity index (χ3v) is 1.17. The molecule has 12 heavy (non-hydrogen) atoms. The first kappa shape index (κ1) is 11.3. The Labute approximate surface area is 75.8 Å². The summed E-state index contributed by atoms with van der Waals surface area (Å²) in [5, 5.41) is 0. The summed E-state index contributed by atoms with van der Waals surface area (Å²) < 4.78 is 0. The molecule has 0 aromatic rings. The molecule has 0 aliphatic carbocycles. The lowest BCUT2D eigenvalue weighted by atomic mass is 10.2. The molecule has 0 heterocycles. The van der Waals surface area contributed by atoms with E-state index in [1.165, 1.54) is 0 Å². The first-order valence-corrected chi connectivity index (χ1v) is 4.62. The van der Waals surface area contributed by atoms with E-state index in [1.807, 2.05) is 12.4 Å². The van der Waals surface area contributed by atoms with Crippen molar-refractivity contribution in [3.05, 3.63) is 0 Å². The van der Waals surface area contributed by atoms with Crippen molar-refractivity contribution < 1.29 is 0 Å². The predicted molar refractivity (Wildman–Crippen MR) is 56.4 cm³/mol. The van der Waals surface area contributed by atoms with Crippen LogP contribution in [0.15, 0.2) is 9.98 Å². The monoisotopic (exact) mass is 168 g/mol. The van der Waals surface area contributed by atoms with Crippen LogP contribution in [0.3, 0.4) is 0 Å². The van der Waals surface area contributed by atoms with Gasteiger partial charge in [-0.1, -0.05) is 27.7 Å². The number of rotatable bonds is 5. The van der Waals surface area contributed by atoms with Crippen LogP contribution in [-0.4, -0.2) is 25.5 Å². The van der Waals surface area contributed by atoms with Gasteiger partial charge in [0, 0.05) is 12.4 Å². The van der Waals surface area contributed by atoms with E-state index < -0.39 is 0 Å². The number of nitrogens with zero attached hydrogens (tertiary/aromatic N) is 2. The molecule has 0 radical (unpaired) electrons. The van der Waals surface area contributed by atoms with Gasteiger partial charge in [0.1, 0.15) is 0 Å². The van der Waals surface area contributed by atoms with Crippen LogP contribution in [0.5, 0.6) is 0 Å². The lowest BCUT2D eigenvalue weighted by molar-refractivity contribution is 0.871. The average Bonchev–Trinajstić information content (AvgIpc) is 1.95. The molecule has 0 saturated carbocycles. The van der Waals surface area contributed by atoms with Gasteiger partial charge in [0.15, 0.2) is 0 Å². The summed E-state index contributed by atoms with van der Waals surface area (Å²) in [6.07, 6.45) is 3.95. The molecule has 70 valence electrons. The maximum atomic E-state index is 4.23. The minimum absolute atomic E-state index is 0.555. The van der Waals surface area contributed by atoms with Crippen molar-refractivity contribution in [2.24, 2.45) is 21.8 Å². The molecule has 0 aliphatic heterocycles. The standard InChI is InChI=1S/C10H20N2/c1-9(2)7-11-5-6-12-8-10(3)4/h7-10H,5-6H2,1-4H3. The lowest BCUT2D eigenvalue weighted by Crippen LogP contribution is -1.94. The Kier molecular flexibility index (Phi) is 6.63. The summed E-state index contributed by atoms with van der Waals surface area (Å²) >= 11 is 0.